The van der Waals surface area contributed by atoms with Crippen molar-refractivity contribution in [2.24, 2.45) is 0 Å². The molecule has 2 aromatic carbocycles. The van der Waals surface area contributed by atoms with Gasteiger partial charge in [-0.3, -0.25) is 0 Å². The highest BCUT2D eigenvalue weighted by atomic mass is 79.9. The van der Waals surface area contributed by atoms with Crippen LogP contribution in [0.5, 0.6) is 5.75 Å². The number of nitrogens with zero attached hydrogens (tertiary/aromatic N) is 1. The molecule has 21 heavy (non-hydrogen) atoms. The molecule has 2 aromatic rings. The van der Waals surface area contributed by atoms with E-state index < -0.39 is 0 Å². The van der Waals surface area contributed by atoms with Crippen molar-refractivity contribution in [3.63, 3.8) is 0 Å². The summed E-state index contributed by atoms with van der Waals surface area (Å²) in [5, 5.41) is 9.69. The van der Waals surface area contributed by atoms with E-state index in [1.165, 1.54) is 11.1 Å². The first-order chi connectivity index (χ1) is 10.2. The third-order valence-corrected chi connectivity index (χ3v) is 4.71. The van der Waals surface area contributed by atoms with Crippen LogP contribution >= 0.6 is 15.9 Å². The van der Waals surface area contributed by atoms with Crippen LogP contribution in [0.4, 0.5) is 0 Å². The number of hydrogen-bond donors (Lipinski definition) is 0. The maximum atomic E-state index is 9.69. The zero-order chi connectivity index (χ0) is 14.7. The fourth-order valence-corrected chi connectivity index (χ4v) is 3.26. The molecule has 0 aliphatic heterocycles. The molecule has 0 saturated carbocycles. The van der Waals surface area contributed by atoms with Crippen LogP contribution in [0.2, 0.25) is 0 Å². The van der Waals surface area contributed by atoms with E-state index in [0.717, 1.165) is 29.5 Å². The molecule has 1 atom stereocenters. The summed E-state index contributed by atoms with van der Waals surface area (Å²) in [5.41, 5.74) is 2.11. The van der Waals surface area contributed by atoms with Gasteiger partial charge in [0.2, 0.25) is 0 Å². The number of ether oxygens (including phenoxy) is 1. The Bertz CT molecular complexity index is 674. The lowest BCUT2D eigenvalue weighted by Crippen LogP contribution is -2.23. The third kappa shape index (κ3) is 2.82. The lowest BCUT2D eigenvalue weighted by atomic mass is 9.80. The monoisotopic (exact) mass is 341 g/mol. The Labute approximate surface area is 133 Å². The SMILES string of the molecule is N#CC1(CCOc2ccc(Br)cc2)CCc2ccccc21. The fraction of sp³-hybridized carbons (Fsp3) is 0.278. The Balaban J connectivity index is 1.69. The van der Waals surface area contributed by atoms with Gasteiger partial charge in [0.15, 0.2) is 0 Å². The molecule has 3 rings (SSSR count). The van der Waals surface area contributed by atoms with Crippen LogP contribution in [0.25, 0.3) is 0 Å². The van der Waals surface area contributed by atoms with Gasteiger partial charge in [0.05, 0.1) is 18.1 Å². The van der Waals surface area contributed by atoms with Gasteiger partial charge in [0.1, 0.15) is 5.75 Å². The molecule has 0 fully saturated rings. The van der Waals surface area contributed by atoms with Crippen molar-refractivity contribution in [3.05, 3.63) is 64.1 Å². The van der Waals surface area contributed by atoms with Crippen molar-refractivity contribution in [2.75, 3.05) is 6.61 Å². The van der Waals surface area contributed by atoms with Crippen LogP contribution in [-0.2, 0) is 11.8 Å². The number of aryl methyl sites for hydroxylation is 1. The number of benzene rings is 2. The molecule has 2 nitrogen and oxygen atoms in total. The number of nitriles is 1. The quantitative estimate of drug-likeness (QED) is 0.812. The van der Waals surface area contributed by atoms with Gasteiger partial charge in [-0.25, -0.2) is 0 Å². The minimum Gasteiger partial charge on any atom is -0.494 e. The Hall–Kier alpha value is -1.79. The Kier molecular flexibility index (Phi) is 3.98. The van der Waals surface area contributed by atoms with E-state index in [1.54, 1.807) is 0 Å². The van der Waals surface area contributed by atoms with Crippen LogP contribution in [0.1, 0.15) is 24.0 Å². The first kappa shape index (κ1) is 14.2. The van der Waals surface area contributed by atoms with E-state index in [-0.39, 0.29) is 5.41 Å². The summed E-state index contributed by atoms with van der Waals surface area (Å²) >= 11 is 3.41. The van der Waals surface area contributed by atoms with E-state index in [0.29, 0.717) is 6.61 Å². The molecule has 0 saturated heterocycles. The van der Waals surface area contributed by atoms with Crippen LogP contribution < -0.4 is 4.74 Å². The second kappa shape index (κ2) is 5.91. The molecule has 0 N–H and O–H groups in total. The number of rotatable bonds is 4. The molecule has 0 heterocycles. The number of fused-ring (bicyclic) bond motifs is 1. The van der Waals surface area contributed by atoms with Crippen molar-refractivity contribution in [1.29, 1.82) is 5.26 Å². The maximum absolute atomic E-state index is 9.69. The van der Waals surface area contributed by atoms with Crippen LogP contribution in [0.3, 0.4) is 0 Å². The molecule has 0 bridgehead atoms. The zero-order valence-electron chi connectivity index (χ0n) is 11.7. The first-order valence-electron chi connectivity index (χ1n) is 7.11. The summed E-state index contributed by atoms with van der Waals surface area (Å²) in [6.45, 7) is 0.559. The second-order valence-corrected chi connectivity index (χ2v) is 6.32. The molecule has 1 unspecified atom stereocenters. The van der Waals surface area contributed by atoms with Crippen molar-refractivity contribution >= 4 is 15.9 Å². The topological polar surface area (TPSA) is 33.0 Å². The predicted octanol–water partition coefficient (Wildman–Crippen LogP) is 4.63. The average molecular weight is 342 g/mol. The lowest BCUT2D eigenvalue weighted by molar-refractivity contribution is 0.278. The van der Waals surface area contributed by atoms with Crippen molar-refractivity contribution in [3.8, 4) is 11.8 Å². The third-order valence-electron chi connectivity index (χ3n) is 4.18. The molecule has 0 amide bonds. The van der Waals surface area contributed by atoms with Gasteiger partial charge in [-0.15, -0.1) is 0 Å². The minimum atomic E-state index is -0.383. The zero-order valence-corrected chi connectivity index (χ0v) is 13.3. The smallest absolute Gasteiger partial charge is 0.119 e. The molecule has 3 heteroatoms. The van der Waals surface area contributed by atoms with Gasteiger partial charge in [-0.1, -0.05) is 40.2 Å². The lowest BCUT2D eigenvalue weighted by Gasteiger charge is -2.22. The van der Waals surface area contributed by atoms with E-state index in [4.69, 9.17) is 4.74 Å². The molecular formula is C18H16BrNO. The average Bonchev–Trinajstić information content (AvgIpc) is 2.89. The first-order valence-corrected chi connectivity index (χ1v) is 7.91. The Morgan fingerprint density at radius 1 is 1.14 bits per heavy atom. The minimum absolute atomic E-state index is 0.383. The maximum Gasteiger partial charge on any atom is 0.119 e. The molecule has 106 valence electrons. The van der Waals surface area contributed by atoms with Crippen molar-refractivity contribution in [2.45, 2.75) is 24.7 Å². The summed E-state index contributed by atoms with van der Waals surface area (Å²) in [4.78, 5) is 0. The van der Waals surface area contributed by atoms with Crippen LogP contribution in [0.15, 0.2) is 53.0 Å². The van der Waals surface area contributed by atoms with Gasteiger partial charge in [-0.2, -0.15) is 5.26 Å². The number of hydrogen-bond acceptors (Lipinski definition) is 2. The second-order valence-electron chi connectivity index (χ2n) is 5.40. The van der Waals surface area contributed by atoms with E-state index in [2.05, 4.69) is 34.1 Å². The largest absolute Gasteiger partial charge is 0.494 e. The van der Waals surface area contributed by atoms with E-state index >= 15 is 0 Å². The molecule has 1 aliphatic rings. The van der Waals surface area contributed by atoms with E-state index in [9.17, 15) is 5.26 Å². The van der Waals surface area contributed by atoms with Crippen LogP contribution in [0, 0.1) is 11.3 Å². The van der Waals surface area contributed by atoms with E-state index in [1.807, 2.05) is 36.4 Å². The normalized spacial score (nSPS) is 19.8. The Morgan fingerprint density at radius 2 is 1.90 bits per heavy atom. The fourth-order valence-electron chi connectivity index (χ4n) is 2.99. The van der Waals surface area contributed by atoms with Crippen molar-refractivity contribution < 1.29 is 4.74 Å². The van der Waals surface area contributed by atoms with Crippen molar-refractivity contribution in [1.82, 2.24) is 0 Å². The summed E-state index contributed by atoms with van der Waals surface area (Å²) in [5.74, 6) is 0.845. The molecule has 0 spiro atoms. The predicted molar refractivity (Wildman–Crippen MR) is 86.3 cm³/mol. The highest BCUT2D eigenvalue weighted by molar-refractivity contribution is 9.10. The Morgan fingerprint density at radius 3 is 2.67 bits per heavy atom. The molecule has 0 aromatic heterocycles. The van der Waals surface area contributed by atoms with Crippen LogP contribution in [-0.4, -0.2) is 6.61 Å². The summed E-state index contributed by atoms with van der Waals surface area (Å²) in [7, 11) is 0. The standard InChI is InChI=1S/C18H16BrNO/c19-15-5-7-16(8-6-15)21-12-11-18(13-20)10-9-14-3-1-2-4-17(14)18/h1-8H,9-12H2. The highest BCUT2D eigenvalue weighted by Crippen LogP contribution is 2.41. The van der Waals surface area contributed by atoms with Gasteiger partial charge in [-0.05, 0) is 48.2 Å². The van der Waals surface area contributed by atoms with Gasteiger partial charge < -0.3 is 4.74 Å². The van der Waals surface area contributed by atoms with Gasteiger partial charge >= 0.3 is 0 Å². The van der Waals surface area contributed by atoms with Gasteiger partial charge in [0, 0.05) is 10.9 Å². The molecular weight excluding hydrogens is 326 g/mol. The summed E-state index contributed by atoms with van der Waals surface area (Å²) < 4.78 is 6.83. The highest BCUT2D eigenvalue weighted by Gasteiger charge is 2.38. The molecule has 0 radical (unpaired) electrons. The van der Waals surface area contributed by atoms with Gasteiger partial charge in [0.25, 0.3) is 0 Å². The summed E-state index contributed by atoms with van der Waals surface area (Å²) in [6.07, 6.45) is 2.62. The molecule has 1 aliphatic carbocycles. The summed E-state index contributed by atoms with van der Waals surface area (Å²) in [6, 6.07) is 18.6. The number of halogens is 1.